The van der Waals surface area contributed by atoms with E-state index < -0.39 is 10.0 Å². The van der Waals surface area contributed by atoms with Gasteiger partial charge in [-0.1, -0.05) is 39.5 Å². The van der Waals surface area contributed by atoms with Gasteiger partial charge in [-0.05, 0) is 37.3 Å². The molecule has 2 aliphatic heterocycles. The van der Waals surface area contributed by atoms with Crippen molar-refractivity contribution in [2.24, 2.45) is 11.8 Å². The lowest BCUT2D eigenvalue weighted by molar-refractivity contribution is -0.126. The Kier molecular flexibility index (Phi) is 8.60. The van der Waals surface area contributed by atoms with Crippen LogP contribution in [0.3, 0.4) is 0 Å². The van der Waals surface area contributed by atoms with Crippen LogP contribution in [0.2, 0.25) is 0 Å². The summed E-state index contributed by atoms with van der Waals surface area (Å²) in [5, 5.41) is 3.03. The number of carbonyl (C=O) groups is 1. The summed E-state index contributed by atoms with van der Waals surface area (Å²) in [5.74, 6) is 1.72. The zero-order chi connectivity index (χ0) is 22.3. The molecule has 8 heteroatoms. The van der Waals surface area contributed by atoms with Gasteiger partial charge in [0.05, 0.1) is 4.90 Å². The van der Waals surface area contributed by atoms with Gasteiger partial charge >= 0.3 is 0 Å². The van der Waals surface area contributed by atoms with Crippen LogP contribution in [-0.4, -0.2) is 51.5 Å². The molecule has 0 spiro atoms. The maximum atomic E-state index is 13.0. The van der Waals surface area contributed by atoms with Crippen molar-refractivity contribution in [1.82, 2.24) is 9.62 Å². The first-order valence-electron chi connectivity index (χ1n) is 11.6. The highest BCUT2D eigenvalue weighted by atomic mass is 32.2. The molecule has 31 heavy (non-hydrogen) atoms. The quantitative estimate of drug-likeness (QED) is 0.549. The lowest BCUT2D eigenvalue weighted by Crippen LogP contribution is -2.43. The van der Waals surface area contributed by atoms with Crippen LogP contribution in [0.4, 0.5) is 0 Å². The average Bonchev–Trinajstić information content (AvgIpc) is 2.77. The van der Waals surface area contributed by atoms with Crippen LogP contribution in [0, 0.1) is 11.8 Å². The summed E-state index contributed by atoms with van der Waals surface area (Å²) in [7, 11) is -3.61. The zero-order valence-corrected chi connectivity index (χ0v) is 19.6. The first-order valence-corrected chi connectivity index (χ1v) is 13.0. The fraction of sp³-hybridized carbons (Fsp3) is 0.696. The molecule has 3 rings (SSSR count). The molecule has 0 unspecified atom stereocenters. The van der Waals surface area contributed by atoms with Crippen LogP contribution in [0.15, 0.2) is 23.1 Å². The number of nitrogens with zero attached hydrogens (tertiary/aromatic N) is 1. The fourth-order valence-corrected chi connectivity index (χ4v) is 5.56. The third-order valence-electron chi connectivity index (χ3n) is 5.98. The minimum atomic E-state index is -3.61. The maximum absolute atomic E-state index is 13.0. The monoisotopic (exact) mass is 452 g/mol. The van der Waals surface area contributed by atoms with Gasteiger partial charge in [-0.3, -0.25) is 4.79 Å². The molecular formula is C23H36N2O5S. The van der Waals surface area contributed by atoms with Gasteiger partial charge in [-0.2, -0.15) is 4.31 Å². The second-order valence-corrected chi connectivity index (χ2v) is 10.8. The van der Waals surface area contributed by atoms with Crippen molar-refractivity contribution >= 4 is 15.9 Å². The van der Waals surface area contributed by atoms with E-state index in [9.17, 15) is 13.2 Å². The Balaban J connectivity index is 1.42. The number of benzene rings is 1. The van der Waals surface area contributed by atoms with Gasteiger partial charge in [-0.15, -0.1) is 0 Å². The third-order valence-corrected chi connectivity index (χ3v) is 7.88. The molecule has 0 atom stereocenters. The summed E-state index contributed by atoms with van der Waals surface area (Å²) >= 11 is 0. The number of piperidine rings is 1. The minimum Gasteiger partial charge on any atom is -0.486 e. The molecule has 1 fully saturated rings. The van der Waals surface area contributed by atoms with E-state index in [-0.39, 0.29) is 16.7 Å². The maximum Gasteiger partial charge on any atom is 0.243 e. The first kappa shape index (κ1) is 23.9. The molecule has 0 aromatic heterocycles. The second kappa shape index (κ2) is 11.2. The van der Waals surface area contributed by atoms with Crippen LogP contribution < -0.4 is 14.8 Å². The number of hydrogen-bond acceptors (Lipinski definition) is 5. The zero-order valence-electron chi connectivity index (χ0n) is 18.8. The van der Waals surface area contributed by atoms with Crippen molar-refractivity contribution in [2.45, 2.75) is 63.7 Å². The topological polar surface area (TPSA) is 84.9 Å². The second-order valence-electron chi connectivity index (χ2n) is 8.87. The highest BCUT2D eigenvalue weighted by molar-refractivity contribution is 7.89. The van der Waals surface area contributed by atoms with Crippen molar-refractivity contribution in [1.29, 1.82) is 0 Å². The number of nitrogens with one attached hydrogen (secondary N) is 1. The molecule has 0 aliphatic carbocycles. The summed E-state index contributed by atoms with van der Waals surface area (Å²) in [5.41, 5.74) is 0. The largest absolute Gasteiger partial charge is 0.486 e. The molecule has 0 radical (unpaired) electrons. The van der Waals surface area contributed by atoms with Crippen molar-refractivity contribution in [3.63, 3.8) is 0 Å². The molecule has 1 amide bonds. The van der Waals surface area contributed by atoms with Gasteiger partial charge in [0.1, 0.15) is 13.2 Å². The Bertz CT molecular complexity index is 832. The van der Waals surface area contributed by atoms with E-state index in [0.29, 0.717) is 57.2 Å². The lowest BCUT2D eigenvalue weighted by Gasteiger charge is -2.30. The van der Waals surface area contributed by atoms with E-state index in [0.717, 1.165) is 18.8 Å². The molecule has 1 aromatic rings. The van der Waals surface area contributed by atoms with Crippen LogP contribution in [0.1, 0.15) is 58.8 Å². The van der Waals surface area contributed by atoms with Gasteiger partial charge in [0.15, 0.2) is 11.5 Å². The molecule has 2 heterocycles. The standard InChI is InChI=1S/C23H36N2O5S/c1-18(2)7-5-3-4-6-12-24-23(26)19-10-13-25(14-11-19)31(27,28)20-8-9-21-22(17-20)30-16-15-29-21/h8-9,17-19H,3-7,10-16H2,1-2H3,(H,24,26). The number of ether oxygens (including phenoxy) is 2. The number of amides is 1. The normalized spacial score (nSPS) is 17.6. The SMILES string of the molecule is CC(C)CCCCCCNC(=O)C1CCN(S(=O)(=O)c2ccc3c(c2)OCCO3)CC1. The average molecular weight is 453 g/mol. The number of rotatable bonds is 10. The third kappa shape index (κ3) is 6.59. The molecule has 1 aromatic carbocycles. The number of carbonyl (C=O) groups excluding carboxylic acids is 1. The van der Waals surface area contributed by atoms with Gasteiger partial charge in [0.2, 0.25) is 15.9 Å². The number of hydrogen-bond donors (Lipinski definition) is 1. The molecule has 174 valence electrons. The van der Waals surface area contributed by atoms with E-state index >= 15 is 0 Å². The Hall–Kier alpha value is -1.80. The van der Waals surface area contributed by atoms with E-state index in [2.05, 4.69) is 19.2 Å². The van der Waals surface area contributed by atoms with Gasteiger partial charge in [0.25, 0.3) is 0 Å². The molecule has 2 aliphatic rings. The summed E-state index contributed by atoms with van der Waals surface area (Å²) in [4.78, 5) is 12.7. The highest BCUT2D eigenvalue weighted by Crippen LogP contribution is 2.34. The van der Waals surface area contributed by atoms with Gasteiger partial charge < -0.3 is 14.8 Å². The smallest absolute Gasteiger partial charge is 0.243 e. The van der Waals surface area contributed by atoms with E-state index in [1.165, 1.54) is 29.6 Å². The van der Waals surface area contributed by atoms with E-state index in [1.807, 2.05) is 0 Å². The Labute approximate surface area is 186 Å². The summed E-state index contributed by atoms with van der Waals surface area (Å²) in [6, 6.07) is 4.73. The summed E-state index contributed by atoms with van der Waals surface area (Å²) in [6.45, 7) is 6.77. The molecule has 0 bridgehead atoms. The van der Waals surface area contributed by atoms with Crippen molar-refractivity contribution in [2.75, 3.05) is 32.8 Å². The molecule has 0 saturated carbocycles. The summed E-state index contributed by atoms with van der Waals surface area (Å²) < 4.78 is 38.5. The molecule has 7 nitrogen and oxygen atoms in total. The Morgan fingerprint density at radius 2 is 1.74 bits per heavy atom. The van der Waals surface area contributed by atoms with Crippen LogP contribution in [0.5, 0.6) is 11.5 Å². The van der Waals surface area contributed by atoms with Crippen molar-refractivity contribution < 1.29 is 22.7 Å². The van der Waals surface area contributed by atoms with Gasteiger partial charge in [0, 0.05) is 31.6 Å². The van der Waals surface area contributed by atoms with Crippen molar-refractivity contribution in [3.05, 3.63) is 18.2 Å². The van der Waals surface area contributed by atoms with Gasteiger partial charge in [-0.25, -0.2) is 8.42 Å². The van der Waals surface area contributed by atoms with Crippen LogP contribution in [0.25, 0.3) is 0 Å². The Morgan fingerprint density at radius 1 is 1.06 bits per heavy atom. The molecule has 1 saturated heterocycles. The van der Waals surface area contributed by atoms with Crippen LogP contribution in [-0.2, 0) is 14.8 Å². The number of sulfonamides is 1. The number of unbranched alkanes of at least 4 members (excludes halogenated alkanes) is 3. The number of fused-ring (bicyclic) bond motifs is 1. The molecule has 1 N–H and O–H groups in total. The predicted octanol–water partition coefficient (Wildman–Crippen LogP) is 3.58. The minimum absolute atomic E-state index is 0.0542. The fourth-order valence-electron chi connectivity index (χ4n) is 4.08. The lowest BCUT2D eigenvalue weighted by atomic mass is 9.97. The Morgan fingerprint density at radius 3 is 2.45 bits per heavy atom. The summed E-state index contributed by atoms with van der Waals surface area (Å²) in [6.07, 6.45) is 6.96. The van der Waals surface area contributed by atoms with Crippen molar-refractivity contribution in [3.8, 4) is 11.5 Å². The van der Waals surface area contributed by atoms with E-state index in [1.54, 1.807) is 12.1 Å². The predicted molar refractivity (Wildman–Crippen MR) is 120 cm³/mol. The molecular weight excluding hydrogens is 416 g/mol. The van der Waals surface area contributed by atoms with E-state index in [4.69, 9.17) is 9.47 Å². The highest BCUT2D eigenvalue weighted by Gasteiger charge is 2.32. The first-order chi connectivity index (χ1) is 14.9. The van der Waals surface area contributed by atoms with Crippen LogP contribution >= 0.6 is 0 Å².